The summed E-state index contributed by atoms with van der Waals surface area (Å²) in [5.74, 6) is -1.60. The van der Waals surface area contributed by atoms with Crippen LogP contribution in [0.2, 0.25) is 0 Å². The van der Waals surface area contributed by atoms with Crippen molar-refractivity contribution in [2.45, 2.75) is 12.2 Å². The molecule has 94 valence electrons. The molecular weight excluding hydrogens is 238 g/mol. The van der Waals surface area contributed by atoms with Gasteiger partial charge in [-0.1, -0.05) is 36.4 Å². The largest absolute Gasteiger partial charge is 0.385 e. The molecule has 0 aliphatic heterocycles. The summed E-state index contributed by atoms with van der Waals surface area (Å²) in [6.07, 6.45) is -2.70. The van der Waals surface area contributed by atoms with Crippen LogP contribution in [-0.2, 0) is 0 Å². The molecule has 2 N–H and O–H groups in total. The molecule has 0 amide bonds. The number of benzene rings is 2. The van der Waals surface area contributed by atoms with Crippen molar-refractivity contribution >= 4 is 0 Å². The van der Waals surface area contributed by atoms with Gasteiger partial charge in [-0.3, -0.25) is 0 Å². The Hall–Kier alpha value is -1.78. The van der Waals surface area contributed by atoms with Crippen LogP contribution >= 0.6 is 0 Å². The van der Waals surface area contributed by atoms with Gasteiger partial charge in [0.25, 0.3) is 0 Å². The molecule has 2 unspecified atom stereocenters. The average molecular weight is 250 g/mol. The molecule has 0 saturated carbocycles. The van der Waals surface area contributed by atoms with Crippen molar-refractivity contribution in [3.8, 4) is 0 Å². The Morgan fingerprint density at radius 2 is 1.50 bits per heavy atom. The summed E-state index contributed by atoms with van der Waals surface area (Å²) in [6.45, 7) is 0. The summed E-state index contributed by atoms with van der Waals surface area (Å²) in [4.78, 5) is 0. The Labute approximate surface area is 103 Å². The lowest BCUT2D eigenvalue weighted by Crippen LogP contribution is -2.12. The first-order valence-electron chi connectivity index (χ1n) is 5.45. The van der Waals surface area contributed by atoms with Crippen LogP contribution in [0.15, 0.2) is 48.5 Å². The number of aliphatic hydroxyl groups is 2. The van der Waals surface area contributed by atoms with Gasteiger partial charge in [0, 0.05) is 11.6 Å². The van der Waals surface area contributed by atoms with E-state index in [0.29, 0.717) is 11.6 Å². The standard InChI is InChI=1S/C14H12F2O2/c15-10-6-7-11(12(16)8-10)14(18)13(17)9-4-2-1-3-5-9/h1-8,13-14,17-18H. The summed E-state index contributed by atoms with van der Waals surface area (Å²) < 4.78 is 26.2. The molecule has 0 fully saturated rings. The van der Waals surface area contributed by atoms with E-state index in [2.05, 4.69) is 0 Å². The van der Waals surface area contributed by atoms with Crippen molar-refractivity contribution < 1.29 is 19.0 Å². The lowest BCUT2D eigenvalue weighted by atomic mass is 9.98. The van der Waals surface area contributed by atoms with Crippen molar-refractivity contribution in [1.29, 1.82) is 0 Å². The van der Waals surface area contributed by atoms with Gasteiger partial charge in [0.05, 0.1) is 0 Å². The topological polar surface area (TPSA) is 40.5 Å². The van der Waals surface area contributed by atoms with Gasteiger partial charge in [-0.2, -0.15) is 0 Å². The summed E-state index contributed by atoms with van der Waals surface area (Å²) in [5, 5.41) is 19.8. The molecule has 2 aromatic carbocycles. The third kappa shape index (κ3) is 2.55. The van der Waals surface area contributed by atoms with Crippen molar-refractivity contribution in [3.63, 3.8) is 0 Å². The molecule has 2 aromatic rings. The van der Waals surface area contributed by atoms with E-state index in [1.165, 1.54) is 0 Å². The molecule has 0 heterocycles. The maximum atomic E-state index is 13.5. The van der Waals surface area contributed by atoms with Crippen LogP contribution in [0.1, 0.15) is 23.3 Å². The monoisotopic (exact) mass is 250 g/mol. The molecule has 0 spiro atoms. The van der Waals surface area contributed by atoms with Crippen LogP contribution in [0.25, 0.3) is 0 Å². The Morgan fingerprint density at radius 3 is 2.11 bits per heavy atom. The van der Waals surface area contributed by atoms with Gasteiger partial charge in [-0.05, 0) is 11.6 Å². The first-order valence-corrected chi connectivity index (χ1v) is 5.45. The zero-order valence-electron chi connectivity index (χ0n) is 9.42. The van der Waals surface area contributed by atoms with Crippen molar-refractivity contribution in [1.82, 2.24) is 0 Å². The highest BCUT2D eigenvalue weighted by Gasteiger charge is 2.23. The fourth-order valence-corrected chi connectivity index (χ4v) is 1.74. The zero-order chi connectivity index (χ0) is 13.1. The lowest BCUT2D eigenvalue weighted by Gasteiger charge is -2.19. The second kappa shape index (κ2) is 5.25. The van der Waals surface area contributed by atoms with Gasteiger partial charge in [-0.25, -0.2) is 8.78 Å². The highest BCUT2D eigenvalue weighted by molar-refractivity contribution is 5.26. The molecule has 2 atom stereocenters. The maximum absolute atomic E-state index is 13.5. The van der Waals surface area contributed by atoms with Crippen molar-refractivity contribution in [2.75, 3.05) is 0 Å². The minimum absolute atomic E-state index is 0.132. The summed E-state index contributed by atoms with van der Waals surface area (Å²) in [5.41, 5.74) is 0.335. The molecule has 18 heavy (non-hydrogen) atoms. The molecular formula is C14H12F2O2. The van der Waals surface area contributed by atoms with Crippen LogP contribution in [-0.4, -0.2) is 10.2 Å². The molecule has 2 nitrogen and oxygen atoms in total. The normalized spacial score (nSPS) is 14.2. The number of halogens is 2. The minimum Gasteiger partial charge on any atom is -0.385 e. The van der Waals surface area contributed by atoms with E-state index in [1.54, 1.807) is 30.3 Å². The zero-order valence-corrected chi connectivity index (χ0v) is 9.42. The van der Waals surface area contributed by atoms with Crippen LogP contribution in [0.4, 0.5) is 8.78 Å². The maximum Gasteiger partial charge on any atom is 0.132 e. The van der Waals surface area contributed by atoms with Gasteiger partial charge in [-0.15, -0.1) is 0 Å². The van der Waals surface area contributed by atoms with Crippen LogP contribution in [0.3, 0.4) is 0 Å². The molecule has 0 saturated heterocycles. The number of aliphatic hydroxyl groups excluding tert-OH is 2. The predicted molar refractivity (Wildman–Crippen MR) is 62.7 cm³/mol. The van der Waals surface area contributed by atoms with E-state index >= 15 is 0 Å². The third-order valence-electron chi connectivity index (χ3n) is 2.72. The molecule has 2 rings (SSSR count). The first-order chi connectivity index (χ1) is 8.59. The van der Waals surface area contributed by atoms with Gasteiger partial charge in [0.1, 0.15) is 23.8 Å². The summed E-state index contributed by atoms with van der Waals surface area (Å²) in [7, 11) is 0. The second-order valence-corrected chi connectivity index (χ2v) is 3.97. The van der Waals surface area contributed by atoms with Crippen molar-refractivity contribution in [2.24, 2.45) is 0 Å². The van der Waals surface area contributed by atoms with E-state index in [1.807, 2.05) is 0 Å². The Balaban J connectivity index is 2.28. The molecule has 0 bridgehead atoms. The van der Waals surface area contributed by atoms with Crippen LogP contribution in [0, 0.1) is 11.6 Å². The summed E-state index contributed by atoms with van der Waals surface area (Å²) >= 11 is 0. The molecule has 4 heteroatoms. The minimum atomic E-state index is -1.44. The fraction of sp³-hybridized carbons (Fsp3) is 0.143. The van der Waals surface area contributed by atoms with E-state index in [9.17, 15) is 19.0 Å². The van der Waals surface area contributed by atoms with Crippen molar-refractivity contribution in [3.05, 3.63) is 71.3 Å². The number of hydrogen-bond donors (Lipinski definition) is 2. The quantitative estimate of drug-likeness (QED) is 0.879. The first kappa shape index (κ1) is 12.7. The van der Waals surface area contributed by atoms with Crippen LogP contribution < -0.4 is 0 Å². The SMILES string of the molecule is OC(c1ccccc1)C(O)c1ccc(F)cc1F. The van der Waals surface area contributed by atoms with E-state index < -0.39 is 23.8 Å². The van der Waals surface area contributed by atoms with Gasteiger partial charge < -0.3 is 10.2 Å². The van der Waals surface area contributed by atoms with Crippen LogP contribution in [0.5, 0.6) is 0 Å². The fourth-order valence-electron chi connectivity index (χ4n) is 1.74. The highest BCUT2D eigenvalue weighted by atomic mass is 19.1. The lowest BCUT2D eigenvalue weighted by molar-refractivity contribution is 0.0150. The van der Waals surface area contributed by atoms with Gasteiger partial charge in [0.2, 0.25) is 0 Å². The average Bonchev–Trinajstić information content (AvgIpc) is 2.38. The molecule has 0 aromatic heterocycles. The Morgan fingerprint density at radius 1 is 0.833 bits per heavy atom. The second-order valence-electron chi connectivity index (χ2n) is 3.97. The predicted octanol–water partition coefficient (Wildman–Crippen LogP) is 2.73. The van der Waals surface area contributed by atoms with Gasteiger partial charge in [0.15, 0.2) is 0 Å². The Kier molecular flexibility index (Phi) is 3.69. The highest BCUT2D eigenvalue weighted by Crippen LogP contribution is 2.30. The molecule has 0 aliphatic carbocycles. The molecule has 0 radical (unpaired) electrons. The number of hydrogen-bond acceptors (Lipinski definition) is 2. The smallest absolute Gasteiger partial charge is 0.132 e. The van der Waals surface area contributed by atoms with E-state index in [0.717, 1.165) is 12.1 Å². The summed E-state index contributed by atoms with van der Waals surface area (Å²) in [6, 6.07) is 11.3. The Bertz CT molecular complexity index is 529. The van der Waals surface area contributed by atoms with E-state index in [-0.39, 0.29) is 5.56 Å². The third-order valence-corrected chi connectivity index (χ3v) is 2.72. The molecule has 0 aliphatic rings. The number of rotatable bonds is 3. The van der Waals surface area contributed by atoms with Gasteiger partial charge >= 0.3 is 0 Å². The van der Waals surface area contributed by atoms with E-state index in [4.69, 9.17) is 0 Å².